The predicted octanol–water partition coefficient (Wildman–Crippen LogP) is 2.68. The number of anilines is 1. The van der Waals surface area contributed by atoms with E-state index in [4.69, 9.17) is 9.47 Å². The Bertz CT molecular complexity index is 591. The fraction of sp³-hybridized carbons (Fsp3) is 0.375. The summed E-state index contributed by atoms with van der Waals surface area (Å²) in [6, 6.07) is 9.96. The number of fused-ring (bicyclic) bond motifs is 1. The van der Waals surface area contributed by atoms with Crippen molar-refractivity contribution < 1.29 is 9.47 Å². The average Bonchev–Trinajstić information content (AvgIpc) is 2.87. The molecule has 0 aliphatic carbocycles. The molecule has 3 rings (SSSR count). The molecular formula is C16H19N3O2. The van der Waals surface area contributed by atoms with Crippen molar-refractivity contribution in [1.82, 2.24) is 9.97 Å². The molecule has 2 aromatic rings. The van der Waals surface area contributed by atoms with E-state index in [0.717, 1.165) is 18.0 Å². The van der Waals surface area contributed by atoms with Gasteiger partial charge < -0.3 is 14.8 Å². The predicted molar refractivity (Wildman–Crippen MR) is 80.8 cm³/mol. The maximum Gasteiger partial charge on any atom is 0.218 e. The molecule has 0 fully saturated rings. The number of hydrogen-bond acceptors (Lipinski definition) is 5. The molecule has 5 heteroatoms. The molecule has 0 saturated heterocycles. The maximum atomic E-state index is 5.89. The molecule has 0 bridgehead atoms. The number of nitrogens with one attached hydrogen (secondary N) is 1. The van der Waals surface area contributed by atoms with E-state index in [1.54, 1.807) is 0 Å². The second kappa shape index (κ2) is 5.99. The van der Waals surface area contributed by atoms with Gasteiger partial charge in [0.25, 0.3) is 0 Å². The number of nitrogens with zero attached hydrogens (tertiary/aromatic N) is 2. The van der Waals surface area contributed by atoms with Gasteiger partial charge in [-0.25, -0.2) is 9.97 Å². The van der Waals surface area contributed by atoms with E-state index in [1.165, 1.54) is 11.9 Å². The quantitative estimate of drug-likeness (QED) is 0.915. The highest BCUT2D eigenvalue weighted by Gasteiger charge is 2.22. The van der Waals surface area contributed by atoms with Crippen LogP contribution in [0.5, 0.6) is 11.6 Å². The molecule has 1 atom stereocenters. The summed E-state index contributed by atoms with van der Waals surface area (Å²) >= 11 is 0. The first-order chi connectivity index (χ1) is 10.2. The first kappa shape index (κ1) is 13.7. The molecule has 2 heterocycles. The molecule has 110 valence electrons. The largest absolute Gasteiger partial charge is 0.488 e. The monoisotopic (exact) mass is 285 g/mol. The van der Waals surface area contributed by atoms with Gasteiger partial charge in [0.2, 0.25) is 5.88 Å². The summed E-state index contributed by atoms with van der Waals surface area (Å²) in [5, 5.41) is 3.28. The van der Waals surface area contributed by atoms with Crippen LogP contribution >= 0.6 is 0 Å². The van der Waals surface area contributed by atoms with E-state index < -0.39 is 0 Å². The van der Waals surface area contributed by atoms with Gasteiger partial charge in [-0.05, 0) is 25.5 Å². The Labute approximate surface area is 124 Å². The lowest BCUT2D eigenvalue weighted by atomic mass is 10.1. The summed E-state index contributed by atoms with van der Waals surface area (Å²) in [5.74, 6) is 2.31. The van der Waals surface area contributed by atoms with Crippen molar-refractivity contribution in [2.45, 2.75) is 32.5 Å². The summed E-state index contributed by atoms with van der Waals surface area (Å²) < 4.78 is 11.4. The highest BCUT2D eigenvalue weighted by atomic mass is 16.5. The summed E-state index contributed by atoms with van der Waals surface area (Å²) in [7, 11) is 0. The SMILES string of the molecule is CC(C)Oc1cc(NCC2Cc3ccccc3O2)ncn1. The van der Waals surface area contributed by atoms with Gasteiger partial charge in [-0.15, -0.1) is 0 Å². The fourth-order valence-electron chi connectivity index (χ4n) is 2.33. The molecular weight excluding hydrogens is 266 g/mol. The van der Waals surface area contributed by atoms with Gasteiger partial charge in [-0.3, -0.25) is 0 Å². The third-order valence-electron chi connectivity index (χ3n) is 3.22. The van der Waals surface area contributed by atoms with Crippen molar-refractivity contribution in [3.8, 4) is 11.6 Å². The zero-order valence-electron chi connectivity index (χ0n) is 12.2. The minimum atomic E-state index is 0.0976. The number of rotatable bonds is 5. The Morgan fingerprint density at radius 1 is 1.33 bits per heavy atom. The second-order valence-electron chi connectivity index (χ2n) is 5.34. The summed E-state index contributed by atoms with van der Waals surface area (Å²) in [6.45, 7) is 4.64. The molecule has 0 radical (unpaired) electrons. The summed E-state index contributed by atoms with van der Waals surface area (Å²) in [4.78, 5) is 8.29. The van der Waals surface area contributed by atoms with Crippen LogP contribution < -0.4 is 14.8 Å². The Kier molecular flexibility index (Phi) is 3.90. The van der Waals surface area contributed by atoms with Gasteiger partial charge in [0.1, 0.15) is 24.0 Å². The van der Waals surface area contributed by atoms with E-state index in [1.807, 2.05) is 38.1 Å². The minimum Gasteiger partial charge on any atom is -0.488 e. The average molecular weight is 285 g/mol. The van der Waals surface area contributed by atoms with Gasteiger partial charge in [0.15, 0.2) is 0 Å². The number of para-hydroxylation sites is 1. The molecule has 5 nitrogen and oxygen atoms in total. The highest BCUT2D eigenvalue weighted by molar-refractivity contribution is 5.40. The van der Waals surface area contributed by atoms with Crippen molar-refractivity contribution in [1.29, 1.82) is 0 Å². The summed E-state index contributed by atoms with van der Waals surface area (Å²) in [6.07, 6.45) is 2.65. The number of benzene rings is 1. The van der Waals surface area contributed by atoms with Crippen LogP contribution in [0.4, 0.5) is 5.82 Å². The highest BCUT2D eigenvalue weighted by Crippen LogP contribution is 2.28. The Morgan fingerprint density at radius 2 is 2.19 bits per heavy atom. The smallest absolute Gasteiger partial charge is 0.218 e. The lowest BCUT2D eigenvalue weighted by Gasteiger charge is -2.13. The van der Waals surface area contributed by atoms with Crippen LogP contribution in [0, 0.1) is 0 Å². The molecule has 1 N–H and O–H groups in total. The normalized spacial score (nSPS) is 16.4. The minimum absolute atomic E-state index is 0.0976. The third-order valence-corrected chi connectivity index (χ3v) is 3.22. The number of aromatic nitrogens is 2. The van der Waals surface area contributed by atoms with Crippen molar-refractivity contribution in [2.24, 2.45) is 0 Å². The first-order valence-corrected chi connectivity index (χ1v) is 7.18. The Hall–Kier alpha value is -2.30. The molecule has 0 amide bonds. The molecule has 1 aliphatic rings. The van der Waals surface area contributed by atoms with Crippen LogP contribution in [0.15, 0.2) is 36.7 Å². The third kappa shape index (κ3) is 3.42. The van der Waals surface area contributed by atoms with E-state index in [-0.39, 0.29) is 12.2 Å². The Balaban J connectivity index is 1.57. The zero-order chi connectivity index (χ0) is 14.7. The molecule has 1 aromatic carbocycles. The van der Waals surface area contributed by atoms with Crippen molar-refractivity contribution in [3.63, 3.8) is 0 Å². The van der Waals surface area contributed by atoms with Crippen LogP contribution in [0.25, 0.3) is 0 Å². The van der Waals surface area contributed by atoms with E-state index >= 15 is 0 Å². The lowest BCUT2D eigenvalue weighted by molar-refractivity contribution is 0.232. The number of ether oxygens (including phenoxy) is 2. The van der Waals surface area contributed by atoms with Gasteiger partial charge >= 0.3 is 0 Å². The topological polar surface area (TPSA) is 56.3 Å². The zero-order valence-corrected chi connectivity index (χ0v) is 12.2. The Morgan fingerprint density at radius 3 is 3.00 bits per heavy atom. The molecule has 0 saturated carbocycles. The van der Waals surface area contributed by atoms with Gasteiger partial charge in [-0.1, -0.05) is 18.2 Å². The van der Waals surface area contributed by atoms with Crippen LogP contribution in [0.3, 0.4) is 0 Å². The van der Waals surface area contributed by atoms with Gasteiger partial charge in [0, 0.05) is 12.5 Å². The standard InChI is InChI=1S/C16H19N3O2/c1-11(2)20-16-8-15(18-10-19-16)17-9-13-7-12-5-3-4-6-14(12)21-13/h3-6,8,10-11,13H,7,9H2,1-2H3,(H,17,18,19). The molecule has 1 aliphatic heterocycles. The van der Waals surface area contributed by atoms with Crippen LogP contribution in [-0.4, -0.2) is 28.7 Å². The van der Waals surface area contributed by atoms with Crippen LogP contribution in [0.2, 0.25) is 0 Å². The summed E-state index contributed by atoms with van der Waals surface area (Å²) in [5.41, 5.74) is 1.26. The molecule has 0 spiro atoms. The van der Waals surface area contributed by atoms with Crippen molar-refractivity contribution in [2.75, 3.05) is 11.9 Å². The van der Waals surface area contributed by atoms with Crippen molar-refractivity contribution in [3.05, 3.63) is 42.2 Å². The number of hydrogen-bond donors (Lipinski definition) is 1. The maximum absolute atomic E-state index is 5.89. The van der Waals surface area contributed by atoms with Crippen molar-refractivity contribution >= 4 is 5.82 Å². The van der Waals surface area contributed by atoms with Crippen LogP contribution in [-0.2, 0) is 6.42 Å². The second-order valence-corrected chi connectivity index (χ2v) is 5.34. The first-order valence-electron chi connectivity index (χ1n) is 7.18. The fourth-order valence-corrected chi connectivity index (χ4v) is 2.33. The van der Waals surface area contributed by atoms with E-state index in [2.05, 4.69) is 21.4 Å². The van der Waals surface area contributed by atoms with Gasteiger partial charge in [0.05, 0.1) is 12.6 Å². The van der Waals surface area contributed by atoms with E-state index in [0.29, 0.717) is 12.4 Å². The van der Waals surface area contributed by atoms with Crippen LogP contribution in [0.1, 0.15) is 19.4 Å². The molecule has 1 aromatic heterocycles. The van der Waals surface area contributed by atoms with E-state index in [9.17, 15) is 0 Å². The van der Waals surface area contributed by atoms with Gasteiger partial charge in [-0.2, -0.15) is 0 Å². The molecule has 21 heavy (non-hydrogen) atoms. The lowest BCUT2D eigenvalue weighted by Crippen LogP contribution is -2.24. The molecule has 1 unspecified atom stereocenters.